The quantitative estimate of drug-likeness (QED) is 0.728. The second-order valence-corrected chi connectivity index (χ2v) is 5.73. The highest BCUT2D eigenvalue weighted by Crippen LogP contribution is 2.33. The van der Waals surface area contributed by atoms with Crippen molar-refractivity contribution in [1.29, 1.82) is 0 Å². The molecule has 0 aliphatic carbocycles. The molecule has 1 heterocycles. The third-order valence-electron chi connectivity index (χ3n) is 2.83. The predicted molar refractivity (Wildman–Crippen MR) is 69.9 cm³/mol. The predicted octanol–water partition coefficient (Wildman–Crippen LogP) is 3.72. The lowest BCUT2D eigenvalue weighted by atomic mass is 9.86. The molecule has 1 aromatic heterocycles. The highest BCUT2D eigenvalue weighted by molar-refractivity contribution is 7.10. The summed E-state index contributed by atoms with van der Waals surface area (Å²) in [6, 6.07) is 2.22. The van der Waals surface area contributed by atoms with Gasteiger partial charge in [-0.15, -0.1) is 11.3 Å². The maximum atomic E-state index is 3.48. The van der Waals surface area contributed by atoms with E-state index in [-0.39, 0.29) is 0 Å². The summed E-state index contributed by atoms with van der Waals surface area (Å²) in [5.74, 6) is 0. The Kier molecular flexibility index (Phi) is 4.81. The third kappa shape index (κ3) is 3.62. The van der Waals surface area contributed by atoms with E-state index in [9.17, 15) is 0 Å². The molecule has 1 aromatic rings. The molecule has 0 aliphatic heterocycles. The summed E-state index contributed by atoms with van der Waals surface area (Å²) >= 11 is 1.89. The molecule has 0 atom stereocenters. The minimum atomic E-state index is 0.318. The van der Waals surface area contributed by atoms with Crippen LogP contribution in [-0.4, -0.2) is 13.1 Å². The fourth-order valence-electron chi connectivity index (χ4n) is 1.88. The van der Waals surface area contributed by atoms with Crippen LogP contribution in [0.1, 0.15) is 44.1 Å². The molecule has 0 aliphatic rings. The Morgan fingerprint density at radius 1 is 1.33 bits per heavy atom. The monoisotopic (exact) mass is 225 g/mol. The SMILES string of the molecule is CCCNCCC(C)(C)c1sccc1C. The van der Waals surface area contributed by atoms with Crippen LogP contribution >= 0.6 is 11.3 Å². The van der Waals surface area contributed by atoms with Gasteiger partial charge in [0.1, 0.15) is 0 Å². The molecule has 2 heteroatoms. The van der Waals surface area contributed by atoms with Crippen LogP contribution in [0.4, 0.5) is 0 Å². The van der Waals surface area contributed by atoms with Crippen LogP contribution in [0.25, 0.3) is 0 Å². The Morgan fingerprint density at radius 2 is 2.07 bits per heavy atom. The second-order valence-electron chi connectivity index (χ2n) is 4.82. The largest absolute Gasteiger partial charge is 0.317 e. The molecule has 0 aromatic carbocycles. The van der Waals surface area contributed by atoms with E-state index in [4.69, 9.17) is 0 Å². The first-order valence-electron chi connectivity index (χ1n) is 5.83. The molecule has 0 saturated heterocycles. The van der Waals surface area contributed by atoms with Gasteiger partial charge in [0.2, 0.25) is 0 Å². The molecular weight excluding hydrogens is 202 g/mol. The Bertz CT molecular complexity index is 288. The Labute approximate surface area is 97.9 Å². The minimum Gasteiger partial charge on any atom is -0.317 e. The molecule has 0 bridgehead atoms. The third-order valence-corrected chi connectivity index (χ3v) is 4.21. The topological polar surface area (TPSA) is 12.0 Å². The zero-order valence-electron chi connectivity index (χ0n) is 10.4. The normalized spacial score (nSPS) is 12.0. The summed E-state index contributed by atoms with van der Waals surface area (Å²) in [5.41, 5.74) is 1.76. The number of hydrogen-bond acceptors (Lipinski definition) is 2. The van der Waals surface area contributed by atoms with Gasteiger partial charge in [-0.1, -0.05) is 20.8 Å². The number of nitrogens with one attached hydrogen (secondary N) is 1. The molecule has 0 saturated carbocycles. The van der Waals surface area contributed by atoms with Gasteiger partial charge >= 0.3 is 0 Å². The van der Waals surface area contributed by atoms with Gasteiger partial charge in [0.25, 0.3) is 0 Å². The molecule has 0 fully saturated rings. The number of aryl methyl sites for hydroxylation is 1. The number of rotatable bonds is 6. The molecule has 0 spiro atoms. The van der Waals surface area contributed by atoms with Gasteiger partial charge in [-0.3, -0.25) is 0 Å². The van der Waals surface area contributed by atoms with E-state index in [2.05, 4.69) is 44.5 Å². The molecule has 0 unspecified atom stereocenters. The van der Waals surface area contributed by atoms with E-state index < -0.39 is 0 Å². The van der Waals surface area contributed by atoms with Crippen LogP contribution < -0.4 is 5.32 Å². The van der Waals surface area contributed by atoms with Crippen molar-refractivity contribution in [3.63, 3.8) is 0 Å². The van der Waals surface area contributed by atoms with Gasteiger partial charge in [0.15, 0.2) is 0 Å². The zero-order valence-corrected chi connectivity index (χ0v) is 11.2. The Hall–Kier alpha value is -0.340. The van der Waals surface area contributed by atoms with Crippen LogP contribution in [-0.2, 0) is 5.41 Å². The van der Waals surface area contributed by atoms with Crippen LogP contribution in [0.3, 0.4) is 0 Å². The molecule has 1 rings (SSSR count). The van der Waals surface area contributed by atoms with Crippen LogP contribution in [0.15, 0.2) is 11.4 Å². The fraction of sp³-hybridized carbons (Fsp3) is 0.692. The van der Waals surface area contributed by atoms with E-state index in [0.29, 0.717) is 5.41 Å². The summed E-state index contributed by atoms with van der Waals surface area (Å²) in [5, 5.41) is 5.68. The second kappa shape index (κ2) is 5.66. The highest BCUT2D eigenvalue weighted by Gasteiger charge is 2.22. The number of thiophene rings is 1. The van der Waals surface area contributed by atoms with Crippen molar-refractivity contribution < 1.29 is 0 Å². The van der Waals surface area contributed by atoms with Gasteiger partial charge in [-0.05, 0) is 49.9 Å². The van der Waals surface area contributed by atoms with E-state index in [0.717, 1.165) is 13.1 Å². The summed E-state index contributed by atoms with van der Waals surface area (Å²) in [4.78, 5) is 1.54. The smallest absolute Gasteiger partial charge is 0.0131 e. The zero-order chi connectivity index (χ0) is 11.3. The van der Waals surface area contributed by atoms with Crippen LogP contribution in [0, 0.1) is 6.92 Å². The fourth-order valence-corrected chi connectivity index (χ4v) is 2.97. The first-order chi connectivity index (χ1) is 7.08. The lowest BCUT2D eigenvalue weighted by Crippen LogP contribution is -2.25. The molecule has 86 valence electrons. The summed E-state index contributed by atoms with van der Waals surface area (Å²) in [6.45, 7) is 11.4. The first kappa shape index (κ1) is 12.7. The molecule has 15 heavy (non-hydrogen) atoms. The standard InChI is InChI=1S/C13H23NS/c1-5-8-14-9-7-13(3,4)12-11(2)6-10-15-12/h6,10,14H,5,7-9H2,1-4H3. The lowest BCUT2D eigenvalue weighted by Gasteiger charge is -2.24. The molecule has 1 nitrogen and oxygen atoms in total. The highest BCUT2D eigenvalue weighted by atomic mass is 32.1. The summed E-state index contributed by atoms with van der Waals surface area (Å²) in [7, 11) is 0. The number of hydrogen-bond donors (Lipinski definition) is 1. The van der Waals surface area contributed by atoms with Crippen molar-refractivity contribution in [2.45, 2.75) is 46.0 Å². The minimum absolute atomic E-state index is 0.318. The van der Waals surface area contributed by atoms with E-state index >= 15 is 0 Å². The van der Waals surface area contributed by atoms with Crippen molar-refractivity contribution in [2.75, 3.05) is 13.1 Å². The average Bonchev–Trinajstić information content (AvgIpc) is 2.60. The first-order valence-corrected chi connectivity index (χ1v) is 6.71. The van der Waals surface area contributed by atoms with E-state index in [1.807, 2.05) is 11.3 Å². The van der Waals surface area contributed by atoms with Crippen LogP contribution in [0.2, 0.25) is 0 Å². The van der Waals surface area contributed by atoms with E-state index in [1.54, 1.807) is 4.88 Å². The Morgan fingerprint density at radius 3 is 2.60 bits per heavy atom. The Balaban J connectivity index is 2.48. The summed E-state index contributed by atoms with van der Waals surface area (Å²) in [6.07, 6.45) is 2.44. The molecule has 1 N–H and O–H groups in total. The van der Waals surface area contributed by atoms with Gasteiger partial charge < -0.3 is 5.32 Å². The van der Waals surface area contributed by atoms with Crippen molar-refractivity contribution in [2.24, 2.45) is 0 Å². The summed E-state index contributed by atoms with van der Waals surface area (Å²) < 4.78 is 0. The van der Waals surface area contributed by atoms with E-state index in [1.165, 1.54) is 18.4 Å². The van der Waals surface area contributed by atoms with Crippen LogP contribution in [0.5, 0.6) is 0 Å². The van der Waals surface area contributed by atoms with Gasteiger partial charge in [0, 0.05) is 10.3 Å². The average molecular weight is 225 g/mol. The van der Waals surface area contributed by atoms with Crippen molar-refractivity contribution in [3.8, 4) is 0 Å². The lowest BCUT2D eigenvalue weighted by molar-refractivity contribution is 0.463. The van der Waals surface area contributed by atoms with Crippen molar-refractivity contribution in [3.05, 3.63) is 21.9 Å². The van der Waals surface area contributed by atoms with Crippen molar-refractivity contribution in [1.82, 2.24) is 5.32 Å². The van der Waals surface area contributed by atoms with Gasteiger partial charge in [-0.2, -0.15) is 0 Å². The molecular formula is C13H23NS. The van der Waals surface area contributed by atoms with Gasteiger partial charge in [0.05, 0.1) is 0 Å². The molecule has 0 amide bonds. The maximum absolute atomic E-state index is 3.48. The maximum Gasteiger partial charge on any atom is 0.0131 e. The van der Waals surface area contributed by atoms with Crippen molar-refractivity contribution >= 4 is 11.3 Å². The van der Waals surface area contributed by atoms with Gasteiger partial charge in [-0.25, -0.2) is 0 Å². The molecule has 0 radical (unpaired) electrons.